The van der Waals surface area contributed by atoms with Crippen molar-refractivity contribution in [2.24, 2.45) is 0 Å². The Morgan fingerprint density at radius 1 is 1.29 bits per heavy atom. The van der Waals surface area contributed by atoms with Crippen LogP contribution in [-0.4, -0.2) is 55.3 Å². The molecule has 0 bridgehead atoms. The first kappa shape index (κ1) is 18.9. The summed E-state index contributed by atoms with van der Waals surface area (Å²) in [6.07, 6.45) is 4.99. The van der Waals surface area contributed by atoms with E-state index in [0.717, 1.165) is 45.2 Å². The SMILES string of the molecule is CCCNCC1CCCCN1S(=O)(=O)N(CC)C(C)CC. The molecule has 0 saturated carbocycles. The molecule has 21 heavy (non-hydrogen) atoms. The van der Waals surface area contributed by atoms with E-state index in [0.29, 0.717) is 13.1 Å². The molecule has 0 aliphatic carbocycles. The number of piperidine rings is 1. The van der Waals surface area contributed by atoms with Crippen LogP contribution in [0.3, 0.4) is 0 Å². The van der Waals surface area contributed by atoms with Gasteiger partial charge in [0.2, 0.25) is 0 Å². The van der Waals surface area contributed by atoms with Crippen molar-refractivity contribution in [3.8, 4) is 0 Å². The second-order valence-corrected chi connectivity index (χ2v) is 7.77. The van der Waals surface area contributed by atoms with Gasteiger partial charge in [0.05, 0.1) is 0 Å². The molecular formula is C15H33N3O2S. The van der Waals surface area contributed by atoms with Gasteiger partial charge in [0, 0.05) is 31.7 Å². The van der Waals surface area contributed by atoms with E-state index in [2.05, 4.69) is 12.2 Å². The van der Waals surface area contributed by atoms with E-state index in [1.165, 1.54) is 0 Å². The maximum Gasteiger partial charge on any atom is 0.282 e. The molecule has 0 aromatic carbocycles. The van der Waals surface area contributed by atoms with Gasteiger partial charge in [0.25, 0.3) is 10.2 Å². The minimum atomic E-state index is -3.35. The highest BCUT2D eigenvalue weighted by Gasteiger charge is 2.37. The quantitative estimate of drug-likeness (QED) is 0.663. The molecule has 2 atom stereocenters. The van der Waals surface area contributed by atoms with Crippen molar-refractivity contribution in [1.82, 2.24) is 13.9 Å². The molecule has 0 amide bonds. The predicted molar refractivity (Wildman–Crippen MR) is 88.6 cm³/mol. The Morgan fingerprint density at radius 3 is 2.57 bits per heavy atom. The average molecular weight is 320 g/mol. The minimum absolute atomic E-state index is 0.0613. The van der Waals surface area contributed by atoms with Gasteiger partial charge in [-0.25, -0.2) is 0 Å². The molecule has 1 aliphatic rings. The third-order valence-electron chi connectivity index (χ3n) is 4.37. The Hall–Kier alpha value is -0.170. The molecule has 0 aromatic heterocycles. The molecule has 1 heterocycles. The van der Waals surface area contributed by atoms with Crippen LogP contribution < -0.4 is 5.32 Å². The van der Waals surface area contributed by atoms with Crippen LogP contribution >= 0.6 is 0 Å². The zero-order chi connectivity index (χ0) is 15.9. The molecule has 5 nitrogen and oxygen atoms in total. The fraction of sp³-hybridized carbons (Fsp3) is 1.00. The van der Waals surface area contributed by atoms with E-state index < -0.39 is 10.2 Å². The monoisotopic (exact) mass is 319 g/mol. The topological polar surface area (TPSA) is 52.7 Å². The largest absolute Gasteiger partial charge is 0.315 e. The van der Waals surface area contributed by atoms with E-state index >= 15 is 0 Å². The van der Waals surface area contributed by atoms with Crippen molar-refractivity contribution in [3.05, 3.63) is 0 Å². The summed E-state index contributed by atoms with van der Waals surface area (Å²) in [5.41, 5.74) is 0. The van der Waals surface area contributed by atoms with Crippen LogP contribution in [0.15, 0.2) is 0 Å². The van der Waals surface area contributed by atoms with Crippen LogP contribution in [-0.2, 0) is 10.2 Å². The molecule has 1 aliphatic heterocycles. The maximum absolute atomic E-state index is 13.0. The summed E-state index contributed by atoms with van der Waals surface area (Å²) in [4.78, 5) is 0. The Bertz CT molecular complexity index is 386. The van der Waals surface area contributed by atoms with Crippen molar-refractivity contribution in [2.75, 3.05) is 26.2 Å². The summed E-state index contributed by atoms with van der Waals surface area (Å²) in [7, 11) is -3.35. The smallest absolute Gasteiger partial charge is 0.282 e. The van der Waals surface area contributed by atoms with Gasteiger partial charge in [-0.3, -0.25) is 0 Å². The van der Waals surface area contributed by atoms with Gasteiger partial charge in [-0.05, 0) is 39.2 Å². The number of nitrogens with one attached hydrogen (secondary N) is 1. The highest BCUT2D eigenvalue weighted by molar-refractivity contribution is 7.86. The normalized spacial score (nSPS) is 22.6. The molecular weight excluding hydrogens is 286 g/mol. The van der Waals surface area contributed by atoms with Crippen molar-refractivity contribution < 1.29 is 8.42 Å². The van der Waals surface area contributed by atoms with Crippen LogP contribution in [0.4, 0.5) is 0 Å². The number of nitrogens with zero attached hydrogens (tertiary/aromatic N) is 2. The van der Waals surface area contributed by atoms with Gasteiger partial charge >= 0.3 is 0 Å². The third kappa shape index (κ3) is 4.91. The van der Waals surface area contributed by atoms with Crippen molar-refractivity contribution in [1.29, 1.82) is 0 Å². The van der Waals surface area contributed by atoms with Gasteiger partial charge in [-0.2, -0.15) is 17.0 Å². The first-order valence-electron chi connectivity index (χ1n) is 8.48. The Labute approximate surface area is 131 Å². The molecule has 126 valence electrons. The Balaban J connectivity index is 2.85. The number of hydrogen-bond donors (Lipinski definition) is 1. The lowest BCUT2D eigenvalue weighted by molar-refractivity contribution is 0.216. The molecule has 0 aromatic rings. The molecule has 1 saturated heterocycles. The highest BCUT2D eigenvalue weighted by atomic mass is 32.2. The first-order chi connectivity index (χ1) is 9.98. The first-order valence-corrected chi connectivity index (χ1v) is 9.87. The van der Waals surface area contributed by atoms with Gasteiger partial charge < -0.3 is 5.32 Å². The number of rotatable bonds is 9. The molecule has 0 radical (unpaired) electrons. The molecule has 1 N–H and O–H groups in total. The van der Waals surface area contributed by atoms with Crippen molar-refractivity contribution in [3.63, 3.8) is 0 Å². The lowest BCUT2D eigenvalue weighted by Crippen LogP contribution is -2.55. The summed E-state index contributed by atoms with van der Waals surface area (Å²) >= 11 is 0. The zero-order valence-electron chi connectivity index (χ0n) is 14.1. The second-order valence-electron chi connectivity index (χ2n) is 5.93. The van der Waals surface area contributed by atoms with Gasteiger partial charge in [-0.1, -0.05) is 27.2 Å². The molecule has 1 fully saturated rings. The van der Waals surface area contributed by atoms with Crippen LogP contribution in [0.25, 0.3) is 0 Å². The van der Waals surface area contributed by atoms with Crippen molar-refractivity contribution >= 4 is 10.2 Å². The lowest BCUT2D eigenvalue weighted by Gasteiger charge is -2.39. The van der Waals surface area contributed by atoms with E-state index in [4.69, 9.17) is 0 Å². The van der Waals surface area contributed by atoms with Gasteiger partial charge in [0.15, 0.2) is 0 Å². The zero-order valence-corrected chi connectivity index (χ0v) is 15.0. The molecule has 1 rings (SSSR count). The number of hydrogen-bond acceptors (Lipinski definition) is 3. The van der Waals surface area contributed by atoms with Gasteiger partial charge in [-0.15, -0.1) is 0 Å². The molecule has 0 spiro atoms. The van der Waals surface area contributed by atoms with E-state index in [1.54, 1.807) is 8.61 Å². The molecule has 6 heteroatoms. The third-order valence-corrected chi connectivity index (χ3v) is 6.65. The summed E-state index contributed by atoms with van der Waals surface area (Å²) in [5.74, 6) is 0. The Kier molecular flexibility index (Phi) is 8.16. The van der Waals surface area contributed by atoms with E-state index in [9.17, 15) is 8.42 Å². The lowest BCUT2D eigenvalue weighted by atomic mass is 10.1. The van der Waals surface area contributed by atoms with Crippen LogP contribution in [0.5, 0.6) is 0 Å². The fourth-order valence-electron chi connectivity index (χ4n) is 2.97. The van der Waals surface area contributed by atoms with Crippen LogP contribution in [0.2, 0.25) is 0 Å². The van der Waals surface area contributed by atoms with E-state index in [-0.39, 0.29) is 12.1 Å². The van der Waals surface area contributed by atoms with Crippen LogP contribution in [0, 0.1) is 0 Å². The van der Waals surface area contributed by atoms with Crippen LogP contribution in [0.1, 0.15) is 59.8 Å². The summed E-state index contributed by atoms with van der Waals surface area (Å²) in [6, 6.07) is 0.166. The maximum atomic E-state index is 13.0. The highest BCUT2D eigenvalue weighted by Crippen LogP contribution is 2.24. The average Bonchev–Trinajstić information content (AvgIpc) is 2.48. The van der Waals surface area contributed by atoms with Gasteiger partial charge in [0.1, 0.15) is 0 Å². The Morgan fingerprint density at radius 2 is 2.00 bits per heavy atom. The summed E-state index contributed by atoms with van der Waals surface area (Å²) < 4.78 is 29.4. The van der Waals surface area contributed by atoms with Crippen molar-refractivity contribution in [2.45, 2.75) is 71.9 Å². The molecule has 2 unspecified atom stereocenters. The minimum Gasteiger partial charge on any atom is -0.315 e. The standard InChI is InChI=1S/C15H33N3O2S/c1-5-11-16-13-15-10-8-9-12-18(15)21(19,20)17(7-3)14(4)6-2/h14-16H,5-13H2,1-4H3. The van der Waals surface area contributed by atoms with E-state index in [1.807, 2.05) is 20.8 Å². The second kappa shape index (κ2) is 9.08. The summed E-state index contributed by atoms with van der Waals surface area (Å²) in [6.45, 7) is 11.0. The fourth-order valence-corrected chi connectivity index (χ4v) is 5.08. The summed E-state index contributed by atoms with van der Waals surface area (Å²) in [5, 5.41) is 3.38. The predicted octanol–water partition coefficient (Wildman–Crippen LogP) is 2.21.